The number of nitrogens with one attached hydrogen (secondary N) is 1. The molecule has 1 aromatic carbocycles. The number of non-ortho nitro benzene ring substituents is 1. The van der Waals surface area contributed by atoms with Gasteiger partial charge in [-0.25, -0.2) is 0 Å². The second kappa shape index (κ2) is 7.07. The lowest BCUT2D eigenvalue weighted by Crippen LogP contribution is -2.63. The van der Waals surface area contributed by atoms with E-state index in [1.807, 2.05) is 0 Å². The van der Waals surface area contributed by atoms with E-state index in [9.17, 15) is 24.5 Å². The van der Waals surface area contributed by atoms with E-state index in [1.54, 1.807) is 0 Å². The standard InChI is InChI=1S/C15H16N2O7/c1-8(12-13(19)16-14(12)24-9(2)18)15(20)23-7-10-3-5-11(6-4-10)17(21)22/h3-6,8,12,14H,7H2,1-2H3,(H,16,19). The molecule has 0 aromatic heterocycles. The molecule has 3 unspecified atom stereocenters. The fourth-order valence-electron chi connectivity index (χ4n) is 2.28. The lowest BCUT2D eigenvalue weighted by molar-refractivity contribution is -0.384. The molecule has 1 heterocycles. The number of hydrogen-bond acceptors (Lipinski definition) is 7. The number of esters is 2. The van der Waals surface area contributed by atoms with Gasteiger partial charge in [0, 0.05) is 19.1 Å². The third kappa shape index (κ3) is 3.86. The average molecular weight is 336 g/mol. The topological polar surface area (TPSA) is 125 Å². The molecular weight excluding hydrogens is 320 g/mol. The van der Waals surface area contributed by atoms with Crippen LogP contribution in [0, 0.1) is 22.0 Å². The summed E-state index contributed by atoms with van der Waals surface area (Å²) in [4.78, 5) is 44.6. The fourth-order valence-corrected chi connectivity index (χ4v) is 2.28. The van der Waals surface area contributed by atoms with Gasteiger partial charge in [0.25, 0.3) is 5.69 Å². The minimum Gasteiger partial charge on any atom is -0.461 e. The number of carbonyl (C=O) groups excluding carboxylic acids is 3. The van der Waals surface area contributed by atoms with Crippen LogP contribution in [-0.2, 0) is 30.5 Å². The molecule has 2 rings (SSSR count). The first-order valence-electron chi connectivity index (χ1n) is 7.17. The Kier molecular flexibility index (Phi) is 5.12. The Labute approximate surface area is 137 Å². The molecule has 0 bridgehead atoms. The van der Waals surface area contributed by atoms with Crippen LogP contribution < -0.4 is 5.32 Å². The van der Waals surface area contributed by atoms with Crippen molar-refractivity contribution in [1.29, 1.82) is 0 Å². The van der Waals surface area contributed by atoms with Crippen LogP contribution in [0.2, 0.25) is 0 Å². The lowest BCUT2D eigenvalue weighted by atomic mass is 9.86. The van der Waals surface area contributed by atoms with Crippen molar-refractivity contribution in [3.05, 3.63) is 39.9 Å². The molecule has 0 spiro atoms. The van der Waals surface area contributed by atoms with Crippen LogP contribution in [0.25, 0.3) is 0 Å². The maximum Gasteiger partial charge on any atom is 0.310 e. The molecule has 1 fully saturated rings. The molecule has 1 amide bonds. The van der Waals surface area contributed by atoms with Crippen LogP contribution in [0.15, 0.2) is 24.3 Å². The number of ether oxygens (including phenoxy) is 2. The summed E-state index contributed by atoms with van der Waals surface area (Å²) in [6, 6.07) is 5.58. The monoisotopic (exact) mass is 336 g/mol. The maximum atomic E-state index is 12.1. The molecule has 0 saturated carbocycles. The van der Waals surface area contributed by atoms with E-state index in [0.717, 1.165) is 0 Å². The first kappa shape index (κ1) is 17.4. The highest BCUT2D eigenvalue weighted by Gasteiger charge is 2.48. The number of rotatable bonds is 6. The number of nitro groups is 1. The summed E-state index contributed by atoms with van der Waals surface area (Å²) in [7, 11) is 0. The Bertz CT molecular complexity index is 671. The molecular formula is C15H16N2O7. The number of nitrogens with zero attached hydrogens (tertiary/aromatic N) is 1. The van der Waals surface area contributed by atoms with Gasteiger partial charge in [-0.1, -0.05) is 6.92 Å². The Balaban J connectivity index is 1.90. The van der Waals surface area contributed by atoms with Crippen molar-refractivity contribution in [2.75, 3.05) is 0 Å². The second-order valence-corrected chi connectivity index (χ2v) is 5.38. The van der Waals surface area contributed by atoms with Crippen molar-refractivity contribution in [2.24, 2.45) is 11.8 Å². The molecule has 0 radical (unpaired) electrons. The van der Waals surface area contributed by atoms with Crippen molar-refractivity contribution in [2.45, 2.75) is 26.7 Å². The first-order valence-corrected chi connectivity index (χ1v) is 7.17. The Morgan fingerprint density at radius 3 is 2.46 bits per heavy atom. The van der Waals surface area contributed by atoms with Gasteiger partial charge < -0.3 is 14.8 Å². The van der Waals surface area contributed by atoms with E-state index in [4.69, 9.17) is 9.47 Å². The summed E-state index contributed by atoms with van der Waals surface area (Å²) >= 11 is 0. The SMILES string of the molecule is CC(=O)OC1NC(=O)C1C(C)C(=O)OCc1ccc([N+](=O)[O-])cc1. The molecule has 3 atom stereocenters. The smallest absolute Gasteiger partial charge is 0.310 e. The minimum absolute atomic E-state index is 0.0613. The van der Waals surface area contributed by atoms with Gasteiger partial charge in [0.05, 0.1) is 10.8 Å². The van der Waals surface area contributed by atoms with Crippen molar-refractivity contribution in [3.63, 3.8) is 0 Å². The fraction of sp³-hybridized carbons (Fsp3) is 0.400. The summed E-state index contributed by atoms with van der Waals surface area (Å²) in [5.41, 5.74) is 0.518. The maximum absolute atomic E-state index is 12.1. The number of β-lactam (4-membered cyclic amide) rings is 1. The predicted octanol–water partition coefficient (Wildman–Crippen LogP) is 0.909. The Morgan fingerprint density at radius 1 is 1.33 bits per heavy atom. The van der Waals surface area contributed by atoms with Crippen molar-refractivity contribution < 1.29 is 28.8 Å². The van der Waals surface area contributed by atoms with Gasteiger partial charge in [0.15, 0.2) is 6.23 Å². The number of amides is 1. The number of hydrogen-bond donors (Lipinski definition) is 1. The zero-order valence-electron chi connectivity index (χ0n) is 13.1. The summed E-state index contributed by atoms with van der Waals surface area (Å²) in [5.74, 6) is -3.15. The zero-order valence-corrected chi connectivity index (χ0v) is 13.1. The van der Waals surface area contributed by atoms with Gasteiger partial charge in [-0.2, -0.15) is 0 Å². The molecule has 0 aliphatic carbocycles. The number of nitro benzene ring substituents is 1. The zero-order chi connectivity index (χ0) is 17.9. The normalized spacial score (nSPS) is 20.3. The van der Waals surface area contributed by atoms with E-state index in [1.165, 1.54) is 38.1 Å². The van der Waals surface area contributed by atoms with E-state index in [2.05, 4.69) is 5.32 Å². The molecule has 1 N–H and O–H groups in total. The second-order valence-electron chi connectivity index (χ2n) is 5.38. The summed E-state index contributed by atoms with van der Waals surface area (Å²) in [6.07, 6.45) is -0.836. The van der Waals surface area contributed by atoms with E-state index < -0.39 is 34.9 Å². The van der Waals surface area contributed by atoms with Crippen LogP contribution in [-0.4, -0.2) is 29.0 Å². The molecule has 1 saturated heterocycles. The van der Waals surface area contributed by atoms with Gasteiger partial charge in [0.2, 0.25) is 5.91 Å². The molecule has 1 aliphatic heterocycles. The van der Waals surface area contributed by atoms with Gasteiger partial charge in [0.1, 0.15) is 12.5 Å². The Morgan fingerprint density at radius 2 is 1.96 bits per heavy atom. The summed E-state index contributed by atoms with van der Waals surface area (Å²) in [5, 5.41) is 13.0. The molecule has 1 aliphatic rings. The van der Waals surface area contributed by atoms with Gasteiger partial charge in [-0.05, 0) is 17.7 Å². The average Bonchev–Trinajstić information content (AvgIpc) is 2.51. The molecule has 9 heteroatoms. The van der Waals surface area contributed by atoms with Crippen molar-refractivity contribution in [3.8, 4) is 0 Å². The third-order valence-electron chi connectivity index (χ3n) is 3.65. The predicted molar refractivity (Wildman–Crippen MR) is 79.2 cm³/mol. The van der Waals surface area contributed by atoms with Crippen LogP contribution in [0.1, 0.15) is 19.4 Å². The highest BCUT2D eigenvalue weighted by Crippen LogP contribution is 2.26. The van der Waals surface area contributed by atoms with Gasteiger partial charge in [-0.3, -0.25) is 24.5 Å². The number of carbonyl (C=O) groups is 3. The van der Waals surface area contributed by atoms with Gasteiger partial charge >= 0.3 is 11.9 Å². The summed E-state index contributed by atoms with van der Waals surface area (Å²) < 4.78 is 10.0. The van der Waals surface area contributed by atoms with Crippen molar-refractivity contribution in [1.82, 2.24) is 5.32 Å². The molecule has 24 heavy (non-hydrogen) atoms. The third-order valence-corrected chi connectivity index (χ3v) is 3.65. The Hall–Kier alpha value is -2.97. The van der Waals surface area contributed by atoms with E-state index in [0.29, 0.717) is 5.56 Å². The van der Waals surface area contributed by atoms with Gasteiger partial charge in [-0.15, -0.1) is 0 Å². The van der Waals surface area contributed by atoms with E-state index >= 15 is 0 Å². The molecule has 1 aromatic rings. The first-order chi connectivity index (χ1) is 11.3. The number of benzene rings is 1. The van der Waals surface area contributed by atoms with Crippen LogP contribution in [0.3, 0.4) is 0 Å². The quantitative estimate of drug-likeness (QED) is 0.354. The van der Waals surface area contributed by atoms with E-state index in [-0.39, 0.29) is 18.2 Å². The van der Waals surface area contributed by atoms with Crippen molar-refractivity contribution >= 4 is 23.5 Å². The lowest BCUT2D eigenvalue weighted by Gasteiger charge is -2.37. The minimum atomic E-state index is -0.836. The van der Waals surface area contributed by atoms with Crippen LogP contribution in [0.4, 0.5) is 5.69 Å². The van der Waals surface area contributed by atoms with Crippen LogP contribution in [0.5, 0.6) is 0 Å². The highest BCUT2D eigenvalue weighted by molar-refractivity contribution is 5.90. The molecule has 128 valence electrons. The summed E-state index contributed by atoms with van der Waals surface area (Å²) in [6.45, 7) is 2.64. The highest BCUT2D eigenvalue weighted by atomic mass is 16.6. The molecule has 9 nitrogen and oxygen atoms in total. The largest absolute Gasteiger partial charge is 0.461 e. The van der Waals surface area contributed by atoms with Crippen LogP contribution >= 0.6 is 0 Å².